The summed E-state index contributed by atoms with van der Waals surface area (Å²) in [5.41, 5.74) is 6.87. The van der Waals surface area contributed by atoms with Gasteiger partial charge in [-0.2, -0.15) is 0 Å². The number of aliphatic hydroxyl groups is 2. The molecule has 0 heterocycles. The van der Waals surface area contributed by atoms with Crippen molar-refractivity contribution in [3.8, 4) is 0 Å². The molecule has 3 nitrogen and oxygen atoms in total. The van der Waals surface area contributed by atoms with E-state index in [1.165, 1.54) is 22.3 Å². The van der Waals surface area contributed by atoms with Gasteiger partial charge in [0.15, 0.2) is 0 Å². The molecule has 1 aromatic rings. The molecule has 3 aliphatic rings. The van der Waals surface area contributed by atoms with Gasteiger partial charge in [0.2, 0.25) is 0 Å². The van der Waals surface area contributed by atoms with Gasteiger partial charge in [0.1, 0.15) is 5.76 Å². The van der Waals surface area contributed by atoms with E-state index in [1.54, 1.807) is 6.92 Å². The smallest absolute Gasteiger partial charge is 0.102 e. The molecule has 3 aliphatic carbocycles. The summed E-state index contributed by atoms with van der Waals surface area (Å²) < 4.78 is 1.13. The zero-order valence-corrected chi connectivity index (χ0v) is 19.4. The Labute approximate surface area is 188 Å². The molecular formula is C26H30BrNO2. The minimum absolute atomic E-state index is 0.0648. The standard InChI is InChI=1S/C14H14BrN.C12H16O2/c1-3-4-13-11(9-16-2)7-10-8-12(15)5-6-14(10)13;1-6-4-5-7(2)10-9(6)11(13)8(3)12(10)14/h3-6,8-9,16H,1,7H2,2H3;4-5,7,9-10,12-14H,1H2,2-3H3/b11-9-,13-4+;/t;7-,9-,10+,12?/m.0/s1. The number of benzene rings is 1. The van der Waals surface area contributed by atoms with Crippen molar-refractivity contribution in [1.82, 2.24) is 5.32 Å². The minimum atomic E-state index is -0.517. The van der Waals surface area contributed by atoms with Crippen LogP contribution in [0.25, 0.3) is 5.57 Å². The maximum Gasteiger partial charge on any atom is 0.102 e. The van der Waals surface area contributed by atoms with E-state index >= 15 is 0 Å². The van der Waals surface area contributed by atoms with Crippen LogP contribution in [-0.2, 0) is 6.42 Å². The first-order valence-electron chi connectivity index (χ1n) is 10.2. The van der Waals surface area contributed by atoms with Crippen LogP contribution < -0.4 is 5.32 Å². The van der Waals surface area contributed by atoms with E-state index in [1.807, 2.05) is 19.2 Å². The summed E-state index contributed by atoms with van der Waals surface area (Å²) >= 11 is 3.51. The first-order valence-corrected chi connectivity index (χ1v) is 11.0. The van der Waals surface area contributed by atoms with Crippen molar-refractivity contribution >= 4 is 21.5 Å². The Morgan fingerprint density at radius 3 is 2.67 bits per heavy atom. The maximum atomic E-state index is 9.96. The average molecular weight is 468 g/mol. The Morgan fingerprint density at radius 2 is 2.03 bits per heavy atom. The molecule has 1 unspecified atom stereocenters. The molecule has 158 valence electrons. The second-order valence-electron chi connectivity index (χ2n) is 8.11. The lowest BCUT2D eigenvalue weighted by atomic mass is 9.75. The molecule has 0 radical (unpaired) electrons. The van der Waals surface area contributed by atoms with Gasteiger partial charge in [-0.05, 0) is 58.4 Å². The number of hydrogen-bond acceptors (Lipinski definition) is 3. The van der Waals surface area contributed by atoms with Crippen molar-refractivity contribution in [1.29, 1.82) is 0 Å². The topological polar surface area (TPSA) is 52.5 Å². The molecule has 0 amide bonds. The lowest BCUT2D eigenvalue weighted by molar-refractivity contribution is 0.111. The van der Waals surface area contributed by atoms with Crippen molar-refractivity contribution in [3.63, 3.8) is 0 Å². The van der Waals surface area contributed by atoms with Crippen LogP contribution in [0.15, 0.2) is 88.8 Å². The summed E-state index contributed by atoms with van der Waals surface area (Å²) in [4.78, 5) is 0. The molecule has 0 aromatic heterocycles. The molecule has 1 aromatic carbocycles. The molecule has 0 saturated carbocycles. The lowest BCUT2D eigenvalue weighted by Gasteiger charge is -2.31. The van der Waals surface area contributed by atoms with Gasteiger partial charge in [-0.25, -0.2) is 0 Å². The van der Waals surface area contributed by atoms with Crippen LogP contribution in [0.4, 0.5) is 0 Å². The van der Waals surface area contributed by atoms with E-state index in [-0.39, 0.29) is 11.8 Å². The first kappa shape index (κ1) is 22.4. The number of aliphatic hydroxyl groups excluding tert-OH is 2. The predicted octanol–water partition coefficient (Wildman–Crippen LogP) is 5.87. The third-order valence-corrected chi connectivity index (χ3v) is 6.69. The minimum Gasteiger partial charge on any atom is -0.512 e. The number of halogens is 1. The summed E-state index contributed by atoms with van der Waals surface area (Å²) in [6.07, 6.45) is 10.4. The van der Waals surface area contributed by atoms with E-state index in [2.05, 4.69) is 77.9 Å². The van der Waals surface area contributed by atoms with Crippen LogP contribution in [0.3, 0.4) is 0 Å². The molecule has 4 heteroatoms. The van der Waals surface area contributed by atoms with Gasteiger partial charge in [-0.15, -0.1) is 0 Å². The van der Waals surface area contributed by atoms with E-state index < -0.39 is 6.10 Å². The Balaban J connectivity index is 0.000000172. The van der Waals surface area contributed by atoms with Gasteiger partial charge in [0.25, 0.3) is 0 Å². The first-order chi connectivity index (χ1) is 14.3. The van der Waals surface area contributed by atoms with Crippen LogP contribution >= 0.6 is 15.9 Å². The summed E-state index contributed by atoms with van der Waals surface area (Å²) in [7, 11) is 1.93. The van der Waals surface area contributed by atoms with E-state index in [0.717, 1.165) is 16.5 Å². The normalized spacial score (nSPS) is 29.6. The molecule has 0 spiro atoms. The molecule has 4 atom stereocenters. The fourth-order valence-corrected chi connectivity index (χ4v) is 5.04. The van der Waals surface area contributed by atoms with Crippen LogP contribution in [0.2, 0.25) is 0 Å². The van der Waals surface area contributed by atoms with Gasteiger partial charge in [-0.3, -0.25) is 0 Å². The quantitative estimate of drug-likeness (QED) is 0.509. The Kier molecular flexibility index (Phi) is 6.89. The molecular weight excluding hydrogens is 438 g/mol. The summed E-state index contributed by atoms with van der Waals surface area (Å²) in [6, 6.07) is 6.42. The highest BCUT2D eigenvalue weighted by Crippen LogP contribution is 2.46. The highest BCUT2D eigenvalue weighted by molar-refractivity contribution is 9.10. The molecule has 0 bridgehead atoms. The lowest BCUT2D eigenvalue weighted by Crippen LogP contribution is -2.30. The Hall–Kier alpha value is -2.30. The van der Waals surface area contributed by atoms with Crippen molar-refractivity contribution in [3.05, 3.63) is 99.9 Å². The molecule has 3 N–H and O–H groups in total. The van der Waals surface area contributed by atoms with Crippen molar-refractivity contribution in [2.24, 2.45) is 17.8 Å². The van der Waals surface area contributed by atoms with Crippen molar-refractivity contribution < 1.29 is 10.2 Å². The third-order valence-electron chi connectivity index (χ3n) is 6.20. The van der Waals surface area contributed by atoms with Crippen molar-refractivity contribution in [2.75, 3.05) is 7.05 Å². The number of fused-ring (bicyclic) bond motifs is 2. The third kappa shape index (κ3) is 4.12. The highest BCUT2D eigenvalue weighted by Gasteiger charge is 2.44. The van der Waals surface area contributed by atoms with E-state index in [0.29, 0.717) is 17.3 Å². The highest BCUT2D eigenvalue weighted by atomic mass is 79.9. The SMILES string of the molecule is C=C/C=C1\C(=C/NC)Cc2cc(Br)ccc21.C=C1C=C[C@H](C)[C@H]2C(O)C(C)=C(O)[C@@H]12. The molecule has 0 aliphatic heterocycles. The number of rotatable bonds is 2. The molecule has 4 rings (SSSR count). The number of allylic oxidation sites excluding steroid dienone is 7. The average Bonchev–Trinajstić information content (AvgIpc) is 3.16. The van der Waals surface area contributed by atoms with Gasteiger partial charge >= 0.3 is 0 Å². The predicted molar refractivity (Wildman–Crippen MR) is 129 cm³/mol. The van der Waals surface area contributed by atoms with Gasteiger partial charge in [0, 0.05) is 36.0 Å². The largest absolute Gasteiger partial charge is 0.512 e. The number of hydrogen-bond donors (Lipinski definition) is 3. The zero-order valence-electron chi connectivity index (χ0n) is 17.8. The second kappa shape index (κ2) is 9.23. The summed E-state index contributed by atoms with van der Waals surface area (Å²) in [5.74, 6) is 0.626. The van der Waals surface area contributed by atoms with Crippen LogP contribution in [0.5, 0.6) is 0 Å². The zero-order chi connectivity index (χ0) is 22.0. The molecule has 30 heavy (non-hydrogen) atoms. The van der Waals surface area contributed by atoms with Crippen LogP contribution in [-0.4, -0.2) is 23.4 Å². The molecule has 0 fully saturated rings. The fourth-order valence-electron chi connectivity index (χ4n) is 4.63. The van der Waals surface area contributed by atoms with Gasteiger partial charge in [0.05, 0.1) is 6.10 Å². The molecule has 0 saturated heterocycles. The van der Waals surface area contributed by atoms with Gasteiger partial charge in [-0.1, -0.05) is 66.4 Å². The summed E-state index contributed by atoms with van der Waals surface area (Å²) in [6.45, 7) is 11.5. The summed E-state index contributed by atoms with van der Waals surface area (Å²) in [5, 5.41) is 22.9. The van der Waals surface area contributed by atoms with Crippen LogP contribution in [0, 0.1) is 17.8 Å². The van der Waals surface area contributed by atoms with Crippen molar-refractivity contribution in [2.45, 2.75) is 26.4 Å². The second-order valence-corrected chi connectivity index (χ2v) is 9.03. The van der Waals surface area contributed by atoms with Gasteiger partial charge < -0.3 is 15.5 Å². The Bertz CT molecular complexity index is 983. The van der Waals surface area contributed by atoms with Crippen LogP contribution in [0.1, 0.15) is 25.0 Å². The number of nitrogens with one attached hydrogen (secondary N) is 1. The monoisotopic (exact) mass is 467 g/mol. The van der Waals surface area contributed by atoms with E-state index in [9.17, 15) is 10.2 Å². The van der Waals surface area contributed by atoms with E-state index in [4.69, 9.17) is 0 Å². The maximum absolute atomic E-state index is 9.96. The Morgan fingerprint density at radius 1 is 1.30 bits per heavy atom. The fraction of sp³-hybridized carbons (Fsp3) is 0.308.